The molecule has 0 saturated carbocycles. The van der Waals surface area contributed by atoms with E-state index in [-0.39, 0.29) is 17.8 Å². The molecule has 0 radical (unpaired) electrons. The summed E-state index contributed by atoms with van der Waals surface area (Å²) in [5.41, 5.74) is 0.143. The molecule has 0 bridgehead atoms. The van der Waals surface area contributed by atoms with Crippen molar-refractivity contribution in [2.24, 2.45) is 0 Å². The maximum atomic E-state index is 11.3. The van der Waals surface area contributed by atoms with E-state index in [2.05, 4.69) is 13.8 Å². The van der Waals surface area contributed by atoms with E-state index in [1.165, 1.54) is 6.07 Å². The van der Waals surface area contributed by atoms with E-state index >= 15 is 0 Å². The van der Waals surface area contributed by atoms with Crippen LogP contribution in [0.1, 0.15) is 40.5 Å². The summed E-state index contributed by atoms with van der Waals surface area (Å²) < 4.78 is 17.0. The van der Waals surface area contributed by atoms with Gasteiger partial charge in [0.05, 0.1) is 12.2 Å². The Labute approximate surface area is 124 Å². The second kappa shape index (κ2) is 6.66. The molecule has 2 rings (SSSR count). The highest BCUT2D eigenvalue weighted by molar-refractivity contribution is 5.80. The van der Waals surface area contributed by atoms with Gasteiger partial charge >= 0.3 is 5.63 Å². The predicted octanol–water partition coefficient (Wildman–Crippen LogP) is 4.15. The minimum absolute atomic E-state index is 0.0668. The van der Waals surface area contributed by atoms with Gasteiger partial charge in [-0.1, -0.05) is 13.8 Å². The average molecular weight is 290 g/mol. The lowest BCUT2D eigenvalue weighted by Crippen LogP contribution is -2.14. The third kappa shape index (κ3) is 3.78. The Balaban J connectivity index is 2.48. The lowest BCUT2D eigenvalue weighted by atomic mass is 10.2. The van der Waals surface area contributed by atoms with Crippen LogP contribution in [0.4, 0.5) is 0 Å². The summed E-state index contributed by atoms with van der Waals surface area (Å²) in [4.78, 5) is 11.3. The molecule has 0 aliphatic rings. The molecule has 1 heterocycles. The van der Waals surface area contributed by atoms with E-state index in [1.54, 1.807) is 12.1 Å². The van der Waals surface area contributed by atoms with Crippen LogP contribution in [-0.4, -0.2) is 12.2 Å². The number of fused-ring (bicyclic) bond motifs is 1. The Morgan fingerprint density at radius 1 is 1.00 bits per heavy atom. The molecular formula is C17H22O4. The van der Waals surface area contributed by atoms with Gasteiger partial charge in [-0.3, -0.25) is 0 Å². The van der Waals surface area contributed by atoms with Crippen molar-refractivity contribution in [3.8, 4) is 11.5 Å². The largest absolute Gasteiger partial charge is 0.487 e. The van der Waals surface area contributed by atoms with Crippen LogP contribution in [0, 0.1) is 0 Å². The first kappa shape index (κ1) is 15.4. The van der Waals surface area contributed by atoms with Crippen LogP contribution in [0.15, 0.2) is 33.5 Å². The number of rotatable bonds is 6. The molecule has 4 heteroatoms. The molecule has 4 nitrogen and oxygen atoms in total. The molecule has 0 saturated heterocycles. The molecule has 0 fully saturated rings. The van der Waals surface area contributed by atoms with Crippen LogP contribution < -0.4 is 15.1 Å². The van der Waals surface area contributed by atoms with Crippen LogP contribution in [0.3, 0.4) is 0 Å². The maximum absolute atomic E-state index is 11.3. The van der Waals surface area contributed by atoms with Crippen molar-refractivity contribution in [3.05, 3.63) is 34.7 Å². The fourth-order valence-electron chi connectivity index (χ4n) is 1.86. The lowest BCUT2D eigenvalue weighted by Gasteiger charge is -2.19. The topological polar surface area (TPSA) is 48.7 Å². The zero-order valence-electron chi connectivity index (χ0n) is 13.0. The molecule has 0 N–H and O–H groups in total. The van der Waals surface area contributed by atoms with E-state index < -0.39 is 0 Å². The van der Waals surface area contributed by atoms with Gasteiger partial charge in [-0.25, -0.2) is 4.79 Å². The number of ether oxygens (including phenoxy) is 2. The Kier molecular flexibility index (Phi) is 4.89. The van der Waals surface area contributed by atoms with Crippen molar-refractivity contribution in [3.63, 3.8) is 0 Å². The minimum atomic E-state index is -0.368. The highest BCUT2D eigenvalue weighted by Crippen LogP contribution is 2.34. The molecule has 0 spiro atoms. The van der Waals surface area contributed by atoms with Gasteiger partial charge in [0, 0.05) is 17.5 Å². The molecule has 21 heavy (non-hydrogen) atoms. The summed E-state index contributed by atoms with van der Waals surface area (Å²) in [6.45, 7) is 8.14. The highest BCUT2D eigenvalue weighted by Gasteiger charge is 2.14. The Morgan fingerprint density at radius 3 is 2.14 bits per heavy atom. The molecule has 0 aliphatic carbocycles. The van der Waals surface area contributed by atoms with Gasteiger partial charge in [0.15, 0.2) is 11.5 Å². The molecule has 0 aliphatic heterocycles. The summed E-state index contributed by atoms with van der Waals surface area (Å²) in [5.74, 6) is 1.30. The van der Waals surface area contributed by atoms with Crippen LogP contribution in [0.25, 0.3) is 11.0 Å². The fraction of sp³-hybridized carbons (Fsp3) is 0.471. The first-order valence-electron chi connectivity index (χ1n) is 7.44. The quantitative estimate of drug-likeness (QED) is 0.750. The first-order valence-corrected chi connectivity index (χ1v) is 7.44. The van der Waals surface area contributed by atoms with Crippen LogP contribution in [0.2, 0.25) is 0 Å². The monoisotopic (exact) mass is 290 g/mol. The molecule has 1 aromatic heterocycles. The second-order valence-corrected chi connectivity index (χ2v) is 5.26. The third-order valence-corrected chi connectivity index (χ3v) is 3.49. The number of hydrogen-bond donors (Lipinski definition) is 0. The predicted molar refractivity (Wildman–Crippen MR) is 83.2 cm³/mol. The highest BCUT2D eigenvalue weighted by atomic mass is 16.5. The van der Waals surface area contributed by atoms with Gasteiger partial charge in [-0.15, -0.1) is 0 Å². The zero-order chi connectivity index (χ0) is 15.4. The Morgan fingerprint density at radius 2 is 1.57 bits per heavy atom. The van der Waals surface area contributed by atoms with Crippen LogP contribution in [-0.2, 0) is 0 Å². The van der Waals surface area contributed by atoms with Crippen molar-refractivity contribution < 1.29 is 13.9 Å². The van der Waals surface area contributed by atoms with Crippen molar-refractivity contribution in [1.29, 1.82) is 0 Å². The maximum Gasteiger partial charge on any atom is 0.336 e. The van der Waals surface area contributed by atoms with Gasteiger partial charge < -0.3 is 13.9 Å². The van der Waals surface area contributed by atoms with Crippen molar-refractivity contribution in [1.82, 2.24) is 0 Å². The van der Waals surface area contributed by atoms with Gasteiger partial charge in [-0.05, 0) is 38.8 Å². The van der Waals surface area contributed by atoms with E-state index in [4.69, 9.17) is 13.9 Å². The van der Waals surface area contributed by atoms with Gasteiger partial charge in [-0.2, -0.15) is 0 Å². The van der Waals surface area contributed by atoms with E-state index in [1.807, 2.05) is 19.9 Å². The Hall–Kier alpha value is -1.97. The standard InChI is InChI=1S/C17H22O4/c1-5-11(3)19-15-9-13-7-8-17(18)21-14(13)10-16(15)20-12(4)6-2/h7-12H,5-6H2,1-4H3. The lowest BCUT2D eigenvalue weighted by molar-refractivity contribution is 0.177. The minimum Gasteiger partial charge on any atom is -0.487 e. The SMILES string of the molecule is CCC(C)Oc1cc2ccc(=O)oc2cc1OC(C)CC. The molecule has 2 atom stereocenters. The van der Waals surface area contributed by atoms with Crippen molar-refractivity contribution in [2.75, 3.05) is 0 Å². The van der Waals surface area contributed by atoms with Crippen LogP contribution >= 0.6 is 0 Å². The van der Waals surface area contributed by atoms with Crippen molar-refractivity contribution in [2.45, 2.75) is 52.7 Å². The second-order valence-electron chi connectivity index (χ2n) is 5.26. The molecule has 2 aromatic rings. The summed E-state index contributed by atoms with van der Waals surface area (Å²) >= 11 is 0. The normalized spacial score (nSPS) is 13.9. The summed E-state index contributed by atoms with van der Waals surface area (Å²) in [7, 11) is 0. The molecule has 114 valence electrons. The Bertz CT molecular complexity index is 659. The summed E-state index contributed by atoms with van der Waals surface area (Å²) in [6, 6.07) is 6.74. The van der Waals surface area contributed by atoms with Crippen LogP contribution in [0.5, 0.6) is 11.5 Å². The molecule has 0 amide bonds. The molecular weight excluding hydrogens is 268 g/mol. The molecule has 1 aromatic carbocycles. The van der Waals surface area contributed by atoms with Gasteiger partial charge in [0.25, 0.3) is 0 Å². The zero-order valence-corrected chi connectivity index (χ0v) is 13.0. The third-order valence-electron chi connectivity index (χ3n) is 3.49. The molecule has 2 unspecified atom stereocenters. The summed E-state index contributed by atoms with van der Waals surface area (Å²) in [5, 5.41) is 0.824. The number of benzene rings is 1. The first-order chi connectivity index (χ1) is 10.0. The smallest absolute Gasteiger partial charge is 0.336 e. The van der Waals surface area contributed by atoms with E-state index in [0.717, 1.165) is 18.2 Å². The van der Waals surface area contributed by atoms with Gasteiger partial charge in [0.2, 0.25) is 0 Å². The fourth-order valence-corrected chi connectivity index (χ4v) is 1.86. The number of hydrogen-bond acceptors (Lipinski definition) is 4. The van der Waals surface area contributed by atoms with E-state index in [9.17, 15) is 4.79 Å². The average Bonchev–Trinajstić information content (AvgIpc) is 2.47. The van der Waals surface area contributed by atoms with Gasteiger partial charge in [0.1, 0.15) is 5.58 Å². The van der Waals surface area contributed by atoms with E-state index in [0.29, 0.717) is 17.1 Å². The van der Waals surface area contributed by atoms with Crippen molar-refractivity contribution >= 4 is 11.0 Å². The summed E-state index contributed by atoms with van der Waals surface area (Å²) in [6.07, 6.45) is 1.96.